The number of aryl methyl sites for hydroxylation is 1. The molecule has 1 saturated carbocycles. The maximum absolute atomic E-state index is 4.60. The Morgan fingerprint density at radius 1 is 1.47 bits per heavy atom. The minimum Gasteiger partial charge on any atom is -0.349 e. The fraction of sp³-hybridized carbons (Fsp3) is 0.571. The summed E-state index contributed by atoms with van der Waals surface area (Å²) in [6.07, 6.45) is 5.80. The van der Waals surface area contributed by atoms with Gasteiger partial charge in [-0.25, -0.2) is 4.52 Å². The first-order valence-electron chi connectivity index (χ1n) is 6.98. The van der Waals surface area contributed by atoms with Crippen LogP contribution in [0, 0.1) is 6.92 Å². The van der Waals surface area contributed by atoms with Gasteiger partial charge in [0.25, 0.3) is 0 Å². The van der Waals surface area contributed by atoms with E-state index in [1.54, 1.807) is 0 Å². The molecule has 0 aliphatic heterocycles. The monoisotopic (exact) mass is 276 g/mol. The molecular weight excluding hydrogens is 256 g/mol. The highest BCUT2D eigenvalue weighted by Gasteiger charge is 2.27. The van der Waals surface area contributed by atoms with Gasteiger partial charge in [0.15, 0.2) is 5.65 Å². The minimum absolute atomic E-state index is 0.516. The Morgan fingerprint density at radius 3 is 3.16 bits per heavy atom. The molecule has 5 heteroatoms. The van der Waals surface area contributed by atoms with Crippen molar-refractivity contribution < 1.29 is 0 Å². The van der Waals surface area contributed by atoms with Crippen molar-refractivity contribution in [1.82, 2.24) is 14.6 Å². The van der Waals surface area contributed by atoms with Crippen LogP contribution in [0.2, 0.25) is 0 Å². The normalized spacial score (nSPS) is 23.1. The van der Waals surface area contributed by atoms with E-state index in [0.29, 0.717) is 11.3 Å². The van der Waals surface area contributed by atoms with E-state index in [1.807, 2.05) is 16.8 Å². The van der Waals surface area contributed by atoms with Gasteiger partial charge in [0.2, 0.25) is 5.95 Å². The van der Waals surface area contributed by atoms with E-state index in [4.69, 9.17) is 0 Å². The number of rotatable bonds is 4. The van der Waals surface area contributed by atoms with E-state index in [0.717, 1.165) is 17.2 Å². The third kappa shape index (κ3) is 2.56. The second-order valence-electron chi connectivity index (χ2n) is 5.07. The van der Waals surface area contributed by atoms with Crippen LogP contribution in [0.1, 0.15) is 31.7 Å². The van der Waals surface area contributed by atoms with Gasteiger partial charge in [0, 0.05) is 17.5 Å². The van der Waals surface area contributed by atoms with Gasteiger partial charge >= 0.3 is 0 Å². The predicted octanol–water partition coefficient (Wildman–Crippen LogP) is 3.12. The summed E-state index contributed by atoms with van der Waals surface area (Å²) in [5.41, 5.74) is 2.11. The number of nitrogens with zero attached hydrogens (tertiary/aromatic N) is 3. The molecule has 1 aliphatic carbocycles. The van der Waals surface area contributed by atoms with Crippen molar-refractivity contribution in [3.63, 3.8) is 0 Å². The molecule has 0 bridgehead atoms. The summed E-state index contributed by atoms with van der Waals surface area (Å²) in [4.78, 5) is 4.60. The largest absolute Gasteiger partial charge is 0.349 e. The van der Waals surface area contributed by atoms with Gasteiger partial charge in [-0.1, -0.05) is 19.4 Å². The summed E-state index contributed by atoms with van der Waals surface area (Å²) >= 11 is 2.05. The van der Waals surface area contributed by atoms with Crippen molar-refractivity contribution in [3.8, 4) is 0 Å². The molecule has 3 rings (SSSR count). The maximum atomic E-state index is 4.60. The van der Waals surface area contributed by atoms with Crippen molar-refractivity contribution >= 4 is 23.4 Å². The number of aromatic nitrogens is 3. The third-order valence-corrected chi connectivity index (χ3v) is 5.03. The highest BCUT2D eigenvalue weighted by molar-refractivity contribution is 7.99. The fourth-order valence-corrected chi connectivity index (χ4v) is 3.97. The Balaban J connectivity index is 1.79. The average Bonchev–Trinajstić information content (AvgIpc) is 2.98. The van der Waals surface area contributed by atoms with E-state index in [2.05, 4.69) is 47.1 Å². The van der Waals surface area contributed by atoms with Crippen LogP contribution in [-0.4, -0.2) is 31.6 Å². The molecule has 0 amide bonds. The van der Waals surface area contributed by atoms with E-state index >= 15 is 0 Å². The second kappa shape index (κ2) is 5.41. The Morgan fingerprint density at radius 2 is 2.37 bits per heavy atom. The van der Waals surface area contributed by atoms with Crippen molar-refractivity contribution in [1.29, 1.82) is 0 Å². The quantitative estimate of drug-likeness (QED) is 0.931. The molecule has 102 valence electrons. The van der Waals surface area contributed by atoms with Crippen LogP contribution in [0.5, 0.6) is 0 Å². The van der Waals surface area contributed by atoms with Gasteiger partial charge in [-0.05, 0) is 37.1 Å². The number of thioether (sulfide) groups is 1. The molecule has 0 aromatic carbocycles. The highest BCUT2D eigenvalue weighted by Crippen LogP contribution is 2.31. The van der Waals surface area contributed by atoms with E-state index in [1.165, 1.54) is 25.0 Å². The van der Waals surface area contributed by atoms with Gasteiger partial charge in [0.1, 0.15) is 0 Å². The van der Waals surface area contributed by atoms with Crippen LogP contribution in [0.4, 0.5) is 5.95 Å². The number of hydrogen-bond acceptors (Lipinski definition) is 4. The van der Waals surface area contributed by atoms with Gasteiger partial charge in [-0.3, -0.25) is 0 Å². The predicted molar refractivity (Wildman–Crippen MR) is 80.9 cm³/mol. The molecule has 2 heterocycles. The average molecular weight is 276 g/mol. The molecule has 1 N–H and O–H groups in total. The van der Waals surface area contributed by atoms with E-state index in [-0.39, 0.29) is 0 Å². The molecule has 0 saturated heterocycles. The Bertz CT molecular complexity index is 566. The summed E-state index contributed by atoms with van der Waals surface area (Å²) in [6, 6.07) is 4.59. The van der Waals surface area contributed by atoms with Crippen LogP contribution in [-0.2, 0) is 0 Å². The van der Waals surface area contributed by atoms with Crippen LogP contribution in [0.3, 0.4) is 0 Å². The summed E-state index contributed by atoms with van der Waals surface area (Å²) < 4.78 is 1.86. The molecule has 4 nitrogen and oxygen atoms in total. The Kier molecular flexibility index (Phi) is 3.64. The van der Waals surface area contributed by atoms with Crippen molar-refractivity contribution in [3.05, 3.63) is 23.9 Å². The Labute approximate surface area is 118 Å². The lowest BCUT2D eigenvalue weighted by Gasteiger charge is -2.18. The Hall–Kier alpha value is -1.23. The summed E-state index contributed by atoms with van der Waals surface area (Å²) in [6.45, 7) is 4.30. The third-order valence-electron chi connectivity index (χ3n) is 3.71. The first-order chi connectivity index (χ1) is 9.28. The van der Waals surface area contributed by atoms with Crippen molar-refractivity contribution in [2.24, 2.45) is 0 Å². The standard InChI is InChI=1S/C14H20N4S/c1-3-19-12-8-4-7-11(12)15-14-16-13-10(2)6-5-9-18(13)17-14/h5-6,9,11-12H,3-4,7-8H2,1-2H3,(H,15,17). The summed E-state index contributed by atoms with van der Waals surface area (Å²) in [7, 11) is 0. The molecule has 2 unspecified atom stereocenters. The molecule has 0 spiro atoms. The van der Waals surface area contributed by atoms with Crippen molar-refractivity contribution in [2.75, 3.05) is 11.1 Å². The van der Waals surface area contributed by atoms with Gasteiger partial charge in [0.05, 0.1) is 0 Å². The number of anilines is 1. The molecular formula is C14H20N4S. The van der Waals surface area contributed by atoms with Crippen LogP contribution in [0.15, 0.2) is 18.3 Å². The minimum atomic E-state index is 0.516. The first-order valence-corrected chi connectivity index (χ1v) is 8.03. The first kappa shape index (κ1) is 12.8. The van der Waals surface area contributed by atoms with Gasteiger partial charge in [-0.15, -0.1) is 5.10 Å². The topological polar surface area (TPSA) is 42.2 Å². The second-order valence-corrected chi connectivity index (χ2v) is 6.59. The zero-order valence-electron chi connectivity index (χ0n) is 11.5. The molecule has 0 radical (unpaired) electrons. The smallest absolute Gasteiger partial charge is 0.243 e. The maximum Gasteiger partial charge on any atom is 0.243 e. The number of hydrogen-bond donors (Lipinski definition) is 1. The fourth-order valence-electron chi connectivity index (χ4n) is 2.77. The summed E-state index contributed by atoms with van der Waals surface area (Å²) in [5.74, 6) is 1.95. The lowest BCUT2D eigenvalue weighted by molar-refractivity contribution is 0.754. The van der Waals surface area contributed by atoms with Crippen molar-refractivity contribution in [2.45, 2.75) is 44.4 Å². The molecule has 1 aliphatic rings. The van der Waals surface area contributed by atoms with Crippen LogP contribution in [0.25, 0.3) is 5.65 Å². The molecule has 2 atom stereocenters. The summed E-state index contributed by atoms with van der Waals surface area (Å²) in [5, 5.41) is 8.75. The molecule has 2 aromatic rings. The van der Waals surface area contributed by atoms with Gasteiger partial charge < -0.3 is 5.32 Å². The molecule has 1 fully saturated rings. The number of nitrogens with one attached hydrogen (secondary N) is 1. The van der Waals surface area contributed by atoms with Crippen LogP contribution >= 0.6 is 11.8 Å². The lowest BCUT2D eigenvalue weighted by Crippen LogP contribution is -2.26. The van der Waals surface area contributed by atoms with E-state index < -0.39 is 0 Å². The molecule has 2 aromatic heterocycles. The molecule has 19 heavy (non-hydrogen) atoms. The highest BCUT2D eigenvalue weighted by atomic mass is 32.2. The zero-order chi connectivity index (χ0) is 13.2. The number of fused-ring (bicyclic) bond motifs is 1. The lowest BCUT2D eigenvalue weighted by atomic mass is 10.2. The SMILES string of the molecule is CCSC1CCCC1Nc1nc2c(C)cccn2n1. The van der Waals surface area contributed by atoms with E-state index in [9.17, 15) is 0 Å². The zero-order valence-corrected chi connectivity index (χ0v) is 12.3. The van der Waals surface area contributed by atoms with Gasteiger partial charge in [-0.2, -0.15) is 16.7 Å². The van der Waals surface area contributed by atoms with Crippen LogP contribution < -0.4 is 5.32 Å². The number of pyridine rings is 1.